The zero-order valence-corrected chi connectivity index (χ0v) is 17.4. The van der Waals surface area contributed by atoms with Crippen molar-refractivity contribution in [1.29, 1.82) is 0 Å². The van der Waals surface area contributed by atoms with E-state index in [4.69, 9.17) is 4.74 Å². The van der Waals surface area contributed by atoms with E-state index in [1.54, 1.807) is 7.11 Å². The van der Waals surface area contributed by atoms with Crippen molar-refractivity contribution in [3.63, 3.8) is 0 Å². The number of aromatic nitrogens is 1. The molecule has 7 nitrogen and oxygen atoms in total. The molecule has 146 valence electrons. The smallest absolute Gasteiger partial charge is 0.256 e. The zero-order chi connectivity index (χ0) is 20.1. The normalized spacial score (nSPS) is 16.4. The Hall–Kier alpha value is -2.52. The molecular formula is C19H20N4O3S2. The molecular weight excluding hydrogens is 396 g/mol. The predicted molar refractivity (Wildman–Crippen MR) is 115 cm³/mol. The Morgan fingerprint density at radius 3 is 2.68 bits per heavy atom. The number of amidine groups is 1. The summed E-state index contributed by atoms with van der Waals surface area (Å²) in [7, 11) is 1.62. The van der Waals surface area contributed by atoms with Crippen LogP contribution in [0.3, 0.4) is 0 Å². The van der Waals surface area contributed by atoms with Crippen molar-refractivity contribution < 1.29 is 14.3 Å². The van der Waals surface area contributed by atoms with Crippen LogP contribution in [-0.4, -0.2) is 40.5 Å². The van der Waals surface area contributed by atoms with E-state index in [0.29, 0.717) is 16.7 Å². The molecule has 0 spiro atoms. The molecule has 9 heteroatoms. The molecule has 0 aliphatic carbocycles. The van der Waals surface area contributed by atoms with Gasteiger partial charge in [0.1, 0.15) is 5.75 Å². The fourth-order valence-corrected chi connectivity index (χ4v) is 4.08. The van der Waals surface area contributed by atoms with Crippen LogP contribution in [-0.2, 0) is 9.59 Å². The lowest BCUT2D eigenvalue weighted by Gasteiger charge is -2.15. The highest BCUT2D eigenvalue weighted by Gasteiger charge is 2.24. The number of amides is 2. The highest BCUT2D eigenvalue weighted by molar-refractivity contribution is 8.14. The molecule has 28 heavy (non-hydrogen) atoms. The summed E-state index contributed by atoms with van der Waals surface area (Å²) in [5.74, 6) is 0.224. The van der Waals surface area contributed by atoms with Crippen LogP contribution >= 0.6 is 23.1 Å². The van der Waals surface area contributed by atoms with Crippen molar-refractivity contribution >= 4 is 50.9 Å². The molecule has 2 heterocycles. The number of benzene rings is 1. The summed E-state index contributed by atoms with van der Waals surface area (Å²) in [5, 5.41) is 5.50. The molecule has 0 fully saturated rings. The van der Waals surface area contributed by atoms with E-state index in [2.05, 4.69) is 20.3 Å². The van der Waals surface area contributed by atoms with Gasteiger partial charge in [0.2, 0.25) is 5.91 Å². The molecule has 3 rings (SSSR count). The summed E-state index contributed by atoms with van der Waals surface area (Å²) < 4.78 is 5.15. The number of thiazole rings is 1. The number of rotatable bonds is 6. The Kier molecular flexibility index (Phi) is 6.58. The quantitative estimate of drug-likeness (QED) is 0.771. The van der Waals surface area contributed by atoms with Gasteiger partial charge in [0.15, 0.2) is 10.3 Å². The maximum atomic E-state index is 12.2. The van der Waals surface area contributed by atoms with Crippen LogP contribution in [0.1, 0.15) is 20.3 Å². The summed E-state index contributed by atoms with van der Waals surface area (Å²) in [6.07, 6.45) is 0.677. The third kappa shape index (κ3) is 4.85. The van der Waals surface area contributed by atoms with E-state index < -0.39 is 0 Å². The lowest BCUT2D eigenvalue weighted by molar-refractivity contribution is -0.119. The number of carbonyl (C=O) groups is 2. The van der Waals surface area contributed by atoms with E-state index >= 15 is 0 Å². The fraction of sp³-hybridized carbons (Fsp3) is 0.316. The number of carbonyl (C=O) groups excluding carboxylic acids is 2. The van der Waals surface area contributed by atoms with Gasteiger partial charge in [-0.3, -0.25) is 9.59 Å². The van der Waals surface area contributed by atoms with Gasteiger partial charge in [-0.2, -0.15) is 4.99 Å². The summed E-state index contributed by atoms with van der Waals surface area (Å²) in [4.78, 5) is 36.9. The van der Waals surface area contributed by atoms with Gasteiger partial charge >= 0.3 is 0 Å². The fourth-order valence-electron chi connectivity index (χ4n) is 2.65. The second-order valence-electron chi connectivity index (χ2n) is 6.05. The van der Waals surface area contributed by atoms with Crippen LogP contribution in [0.4, 0.5) is 5.13 Å². The number of ether oxygens (including phenoxy) is 1. The molecule has 1 unspecified atom stereocenters. The molecule has 1 N–H and O–H groups in total. The van der Waals surface area contributed by atoms with Gasteiger partial charge in [0.25, 0.3) is 5.91 Å². The third-order valence-electron chi connectivity index (χ3n) is 4.16. The molecule has 1 atom stereocenters. The van der Waals surface area contributed by atoms with Crippen LogP contribution in [0.25, 0.3) is 11.3 Å². The molecule has 2 aromatic rings. The lowest BCUT2D eigenvalue weighted by atomic mass is 10.0. The Labute approximate surface area is 171 Å². The number of thioether (sulfide) groups is 1. The van der Waals surface area contributed by atoms with Crippen molar-refractivity contribution in [2.45, 2.75) is 20.3 Å². The van der Waals surface area contributed by atoms with Crippen molar-refractivity contribution in [2.24, 2.45) is 15.9 Å². The van der Waals surface area contributed by atoms with E-state index in [0.717, 1.165) is 34.5 Å². The average Bonchev–Trinajstić information content (AvgIpc) is 3.14. The van der Waals surface area contributed by atoms with Gasteiger partial charge in [-0.15, -0.1) is 11.3 Å². The Bertz CT molecular complexity index is 935. The van der Waals surface area contributed by atoms with Crippen molar-refractivity contribution in [2.75, 3.05) is 18.2 Å². The van der Waals surface area contributed by atoms with Crippen molar-refractivity contribution in [3.8, 4) is 17.0 Å². The standard InChI is InChI=1S/C19H20N4O3S2/c1-4-14-11(2)20-18(23-17(14)25)28-10-16(24)22-19-21-15(9-27-19)12-5-7-13(26-3)8-6-12/h5-9,14H,4,10H2,1-3H3,(H,21,22,24). The minimum Gasteiger partial charge on any atom is -0.497 e. The Balaban J connectivity index is 1.56. The average molecular weight is 417 g/mol. The molecule has 1 aliphatic heterocycles. The first-order valence-electron chi connectivity index (χ1n) is 8.70. The molecule has 2 amide bonds. The number of aliphatic imine (C=N–C) groups is 2. The minimum absolute atomic E-state index is 0.108. The number of anilines is 1. The van der Waals surface area contributed by atoms with Crippen LogP contribution in [0.2, 0.25) is 0 Å². The van der Waals surface area contributed by atoms with Gasteiger partial charge in [-0.25, -0.2) is 9.98 Å². The Morgan fingerprint density at radius 2 is 2.04 bits per heavy atom. The SMILES string of the molecule is CCC1C(=O)N=C(SCC(=O)Nc2nc(-c3ccc(OC)cc3)cs2)N=C1C. The predicted octanol–water partition coefficient (Wildman–Crippen LogP) is 3.87. The molecule has 0 bridgehead atoms. The first-order valence-corrected chi connectivity index (χ1v) is 10.6. The van der Waals surface area contributed by atoms with E-state index in [-0.39, 0.29) is 23.5 Å². The monoisotopic (exact) mass is 416 g/mol. The maximum Gasteiger partial charge on any atom is 0.256 e. The number of methoxy groups -OCH3 is 1. The summed E-state index contributed by atoms with van der Waals surface area (Å²) in [6, 6.07) is 7.55. The van der Waals surface area contributed by atoms with Crippen LogP contribution in [0, 0.1) is 5.92 Å². The molecule has 1 aromatic carbocycles. The van der Waals surface area contributed by atoms with Crippen LogP contribution in [0.15, 0.2) is 39.6 Å². The van der Waals surface area contributed by atoms with Gasteiger partial charge in [0, 0.05) is 16.7 Å². The van der Waals surface area contributed by atoms with Gasteiger partial charge < -0.3 is 10.1 Å². The van der Waals surface area contributed by atoms with Gasteiger partial charge in [-0.05, 0) is 37.6 Å². The number of hydrogen-bond acceptors (Lipinski definition) is 7. The summed E-state index contributed by atoms with van der Waals surface area (Å²) in [5.41, 5.74) is 2.47. The molecule has 0 saturated heterocycles. The first kappa shape index (κ1) is 20.2. The highest BCUT2D eigenvalue weighted by Crippen LogP contribution is 2.26. The van der Waals surface area contributed by atoms with Gasteiger partial charge in [0.05, 0.1) is 24.5 Å². The number of nitrogens with one attached hydrogen (secondary N) is 1. The number of hydrogen-bond donors (Lipinski definition) is 1. The summed E-state index contributed by atoms with van der Waals surface area (Å²) >= 11 is 2.50. The lowest BCUT2D eigenvalue weighted by Crippen LogP contribution is -2.25. The van der Waals surface area contributed by atoms with E-state index in [9.17, 15) is 9.59 Å². The largest absolute Gasteiger partial charge is 0.497 e. The van der Waals surface area contributed by atoms with Crippen molar-refractivity contribution in [3.05, 3.63) is 29.6 Å². The highest BCUT2D eigenvalue weighted by atomic mass is 32.2. The van der Waals surface area contributed by atoms with Crippen LogP contribution < -0.4 is 10.1 Å². The van der Waals surface area contributed by atoms with Gasteiger partial charge in [-0.1, -0.05) is 18.7 Å². The zero-order valence-electron chi connectivity index (χ0n) is 15.8. The maximum absolute atomic E-state index is 12.2. The Morgan fingerprint density at radius 1 is 1.29 bits per heavy atom. The third-order valence-corrected chi connectivity index (χ3v) is 5.76. The second-order valence-corrected chi connectivity index (χ2v) is 7.85. The van der Waals surface area contributed by atoms with E-state index in [1.165, 1.54) is 11.3 Å². The van der Waals surface area contributed by atoms with Crippen molar-refractivity contribution in [1.82, 2.24) is 4.98 Å². The minimum atomic E-state index is -0.245. The first-order chi connectivity index (χ1) is 13.5. The van der Waals surface area contributed by atoms with Crippen LogP contribution in [0.5, 0.6) is 5.75 Å². The molecule has 1 aliphatic rings. The number of nitrogens with zero attached hydrogens (tertiary/aromatic N) is 3. The molecule has 0 radical (unpaired) electrons. The second kappa shape index (κ2) is 9.11. The van der Waals surface area contributed by atoms with E-state index in [1.807, 2.05) is 43.5 Å². The molecule has 1 aromatic heterocycles. The topological polar surface area (TPSA) is 93.0 Å². The molecule has 0 saturated carbocycles. The summed E-state index contributed by atoms with van der Waals surface area (Å²) in [6.45, 7) is 3.74.